The molecule has 1 aliphatic rings. The van der Waals surface area contributed by atoms with Crippen LogP contribution >= 0.6 is 0 Å². The highest BCUT2D eigenvalue weighted by Crippen LogP contribution is 2.38. The van der Waals surface area contributed by atoms with Gasteiger partial charge in [0.25, 0.3) is 11.8 Å². The maximum atomic E-state index is 13.0. The molecule has 0 bridgehead atoms. The topological polar surface area (TPSA) is 58.6 Å². The summed E-state index contributed by atoms with van der Waals surface area (Å²) in [5, 5.41) is 2.28. The zero-order valence-corrected chi connectivity index (χ0v) is 16.9. The first-order valence-corrected chi connectivity index (χ1v) is 9.54. The van der Waals surface area contributed by atoms with Gasteiger partial charge in [-0.3, -0.25) is 9.59 Å². The third-order valence-corrected chi connectivity index (χ3v) is 4.72. The van der Waals surface area contributed by atoms with E-state index in [4.69, 9.17) is 4.74 Å². The van der Waals surface area contributed by atoms with Crippen molar-refractivity contribution in [3.05, 3.63) is 53.1 Å². The lowest BCUT2D eigenvalue weighted by atomic mass is 10.0. The second-order valence-electron chi connectivity index (χ2n) is 7.18. The van der Waals surface area contributed by atoms with Crippen molar-refractivity contribution >= 4 is 23.2 Å². The number of alkyl halides is 6. The summed E-state index contributed by atoms with van der Waals surface area (Å²) >= 11 is 0. The molecule has 0 spiro atoms. The fourth-order valence-corrected chi connectivity index (χ4v) is 3.23. The van der Waals surface area contributed by atoms with Crippen LogP contribution in [-0.2, 0) is 17.1 Å². The van der Waals surface area contributed by atoms with Crippen LogP contribution in [0.15, 0.2) is 36.4 Å². The minimum absolute atomic E-state index is 0.0514. The maximum Gasteiger partial charge on any atom is 0.416 e. The lowest BCUT2D eigenvalue weighted by Gasteiger charge is -2.33. The first-order valence-electron chi connectivity index (χ1n) is 9.54. The summed E-state index contributed by atoms with van der Waals surface area (Å²) in [4.78, 5) is 26.3. The maximum absolute atomic E-state index is 13.0. The molecule has 172 valence electrons. The molecule has 2 amide bonds. The lowest BCUT2D eigenvalue weighted by Crippen LogP contribution is -2.44. The molecule has 1 aliphatic heterocycles. The third kappa shape index (κ3) is 4.81. The summed E-state index contributed by atoms with van der Waals surface area (Å²) in [5.41, 5.74) is -3.45. The van der Waals surface area contributed by atoms with Crippen LogP contribution in [0.5, 0.6) is 5.75 Å². The first-order chi connectivity index (χ1) is 14.8. The largest absolute Gasteiger partial charge is 0.479 e. The predicted octanol–water partition coefficient (Wildman–Crippen LogP) is 5.50. The molecule has 5 nitrogen and oxygen atoms in total. The molecule has 0 radical (unpaired) electrons. The van der Waals surface area contributed by atoms with Crippen molar-refractivity contribution in [2.24, 2.45) is 0 Å². The van der Waals surface area contributed by atoms with E-state index >= 15 is 0 Å². The molecule has 0 saturated carbocycles. The Bertz CT molecular complexity index is 1020. The summed E-state index contributed by atoms with van der Waals surface area (Å²) in [6.07, 6.45) is -10.3. The number of amides is 2. The van der Waals surface area contributed by atoms with Crippen molar-refractivity contribution < 1.29 is 40.7 Å². The van der Waals surface area contributed by atoms with Crippen LogP contribution in [0.25, 0.3) is 0 Å². The van der Waals surface area contributed by atoms with Gasteiger partial charge in [-0.15, -0.1) is 0 Å². The Morgan fingerprint density at radius 3 is 2.16 bits per heavy atom. The van der Waals surface area contributed by atoms with Crippen LogP contribution < -0.4 is 15.0 Å². The number of carbonyl (C=O) groups is 2. The van der Waals surface area contributed by atoms with E-state index in [1.54, 1.807) is 6.92 Å². The Hall–Kier alpha value is -3.24. The Balaban J connectivity index is 1.93. The normalized spacial score (nSPS) is 16.4. The minimum atomic E-state index is -5.07. The van der Waals surface area contributed by atoms with Crippen molar-refractivity contribution in [2.45, 2.75) is 38.7 Å². The molecule has 1 atom stereocenters. The van der Waals surface area contributed by atoms with E-state index in [9.17, 15) is 35.9 Å². The number of nitrogens with one attached hydrogen (secondary N) is 1. The summed E-state index contributed by atoms with van der Waals surface area (Å²) in [6, 6.07) is 4.87. The minimum Gasteiger partial charge on any atom is -0.479 e. The van der Waals surface area contributed by atoms with Gasteiger partial charge in [0.15, 0.2) is 6.10 Å². The number of hydrogen-bond donors (Lipinski definition) is 1. The fraction of sp³-hybridized carbons (Fsp3) is 0.333. The van der Waals surface area contributed by atoms with Gasteiger partial charge in [-0.2, -0.15) is 26.3 Å². The van der Waals surface area contributed by atoms with Crippen LogP contribution in [-0.4, -0.2) is 24.5 Å². The Kier molecular flexibility index (Phi) is 6.12. The quantitative estimate of drug-likeness (QED) is 0.613. The number of carbonyl (C=O) groups excluding carboxylic acids is 2. The third-order valence-electron chi connectivity index (χ3n) is 4.72. The van der Waals surface area contributed by atoms with Gasteiger partial charge in [0.2, 0.25) is 0 Å². The number of fused-ring (bicyclic) bond motifs is 1. The SMILES string of the molecule is CCCN1C(=O)C(C)Oc2cc(NC(=O)c3cc(C(F)(F)F)cc(C(F)(F)F)c3)ccc21. The summed E-state index contributed by atoms with van der Waals surface area (Å²) in [6.45, 7) is 3.85. The highest BCUT2D eigenvalue weighted by atomic mass is 19.4. The predicted molar refractivity (Wildman–Crippen MR) is 104 cm³/mol. The zero-order chi connectivity index (χ0) is 23.8. The summed E-state index contributed by atoms with van der Waals surface area (Å²) in [5.74, 6) is -1.16. The van der Waals surface area contributed by atoms with Crippen molar-refractivity contribution in [3.63, 3.8) is 0 Å². The van der Waals surface area contributed by atoms with Crippen LogP contribution in [0.4, 0.5) is 37.7 Å². The van der Waals surface area contributed by atoms with Crippen molar-refractivity contribution in [1.82, 2.24) is 0 Å². The monoisotopic (exact) mass is 460 g/mol. The van der Waals surface area contributed by atoms with Crippen LogP contribution in [0.2, 0.25) is 0 Å². The number of halogens is 6. The molecule has 11 heteroatoms. The van der Waals surface area contributed by atoms with E-state index in [-0.39, 0.29) is 23.4 Å². The van der Waals surface area contributed by atoms with E-state index < -0.39 is 41.1 Å². The molecular weight excluding hydrogens is 442 g/mol. The fourth-order valence-electron chi connectivity index (χ4n) is 3.23. The molecule has 2 aromatic carbocycles. The molecule has 1 heterocycles. The summed E-state index contributed by atoms with van der Waals surface area (Å²) < 4.78 is 83.7. The van der Waals surface area contributed by atoms with Gasteiger partial charge < -0.3 is 15.0 Å². The molecule has 0 saturated heterocycles. The van der Waals surface area contributed by atoms with E-state index in [1.807, 2.05) is 6.92 Å². The Morgan fingerprint density at radius 2 is 1.62 bits per heavy atom. The molecule has 2 aromatic rings. The smallest absolute Gasteiger partial charge is 0.416 e. The molecule has 1 unspecified atom stereocenters. The van der Waals surface area contributed by atoms with Crippen LogP contribution in [0.3, 0.4) is 0 Å². The van der Waals surface area contributed by atoms with Gasteiger partial charge in [0, 0.05) is 23.9 Å². The van der Waals surface area contributed by atoms with E-state index in [0.717, 1.165) is 0 Å². The standard InChI is InChI=1S/C21H18F6N2O3/c1-3-6-29-16-5-4-15(10-17(16)32-11(2)19(29)31)28-18(30)12-7-13(20(22,23)24)9-14(8-12)21(25,26)27/h4-5,7-11H,3,6H2,1-2H3,(H,28,30). The average Bonchev–Trinajstić information content (AvgIpc) is 2.69. The highest BCUT2D eigenvalue weighted by Gasteiger charge is 2.37. The highest BCUT2D eigenvalue weighted by molar-refractivity contribution is 6.05. The van der Waals surface area contributed by atoms with Crippen molar-refractivity contribution in [3.8, 4) is 5.75 Å². The van der Waals surface area contributed by atoms with Crippen LogP contribution in [0.1, 0.15) is 41.8 Å². The van der Waals surface area contributed by atoms with Gasteiger partial charge in [-0.05, 0) is 43.7 Å². The molecule has 3 rings (SSSR count). The molecule has 0 fully saturated rings. The molecular formula is C21H18F6N2O3. The van der Waals surface area contributed by atoms with E-state index in [1.165, 1.54) is 23.1 Å². The number of anilines is 2. The second kappa shape index (κ2) is 8.36. The summed E-state index contributed by atoms with van der Waals surface area (Å²) in [7, 11) is 0. The Labute approximate surface area is 179 Å². The number of benzene rings is 2. The second-order valence-corrected chi connectivity index (χ2v) is 7.18. The molecule has 0 aromatic heterocycles. The molecule has 1 N–H and O–H groups in total. The van der Waals surface area contributed by atoms with Gasteiger partial charge in [0.1, 0.15) is 5.75 Å². The van der Waals surface area contributed by atoms with Crippen molar-refractivity contribution in [1.29, 1.82) is 0 Å². The van der Waals surface area contributed by atoms with Crippen molar-refractivity contribution in [2.75, 3.05) is 16.8 Å². The van der Waals surface area contributed by atoms with Gasteiger partial charge in [-0.1, -0.05) is 6.92 Å². The zero-order valence-electron chi connectivity index (χ0n) is 16.9. The number of ether oxygens (including phenoxy) is 1. The van der Waals surface area contributed by atoms with Gasteiger partial charge >= 0.3 is 12.4 Å². The van der Waals surface area contributed by atoms with Crippen LogP contribution in [0, 0.1) is 0 Å². The first kappa shape index (κ1) is 23.4. The lowest BCUT2D eigenvalue weighted by molar-refractivity contribution is -0.143. The van der Waals surface area contributed by atoms with E-state index in [2.05, 4.69) is 5.32 Å². The number of hydrogen-bond acceptors (Lipinski definition) is 3. The molecule has 32 heavy (non-hydrogen) atoms. The number of nitrogens with zero attached hydrogens (tertiary/aromatic N) is 1. The molecule has 0 aliphatic carbocycles. The van der Waals surface area contributed by atoms with Gasteiger partial charge in [0.05, 0.1) is 16.8 Å². The van der Waals surface area contributed by atoms with Gasteiger partial charge in [-0.25, -0.2) is 0 Å². The average molecular weight is 460 g/mol. The van der Waals surface area contributed by atoms with E-state index in [0.29, 0.717) is 30.8 Å². The Morgan fingerprint density at radius 1 is 1.03 bits per heavy atom. The number of rotatable bonds is 4.